The Morgan fingerprint density at radius 1 is 1.33 bits per heavy atom. The van der Waals surface area contributed by atoms with E-state index in [0.717, 1.165) is 28.2 Å². The third-order valence-corrected chi connectivity index (χ3v) is 4.89. The summed E-state index contributed by atoms with van der Waals surface area (Å²) in [5.41, 5.74) is 2.84. The minimum atomic E-state index is -0.692. The van der Waals surface area contributed by atoms with Gasteiger partial charge >= 0.3 is 6.03 Å². The van der Waals surface area contributed by atoms with E-state index in [1.807, 2.05) is 43.5 Å². The van der Waals surface area contributed by atoms with Gasteiger partial charge in [-0.1, -0.05) is 36.8 Å². The number of amides is 2. The Labute approximate surface area is 147 Å². The van der Waals surface area contributed by atoms with Crippen LogP contribution >= 0.6 is 11.3 Å². The first-order valence-corrected chi connectivity index (χ1v) is 9.12. The number of aryl methyl sites for hydroxylation is 2. The minimum absolute atomic E-state index is 0.185. The minimum Gasteiger partial charge on any atom is -0.387 e. The first-order valence-electron chi connectivity index (χ1n) is 8.24. The van der Waals surface area contributed by atoms with Crippen molar-refractivity contribution in [3.63, 3.8) is 0 Å². The highest BCUT2D eigenvalue weighted by Crippen LogP contribution is 2.15. The molecule has 0 radical (unpaired) electrons. The molecule has 1 heterocycles. The monoisotopic (exact) mass is 347 g/mol. The molecule has 0 fully saturated rings. The van der Waals surface area contributed by atoms with Gasteiger partial charge in [0.25, 0.3) is 0 Å². The Kier molecular flexibility index (Phi) is 6.75. The molecular formula is C18H25N3O2S. The first-order chi connectivity index (χ1) is 11.5. The van der Waals surface area contributed by atoms with Crippen LogP contribution in [-0.4, -0.2) is 34.1 Å². The molecule has 2 rings (SSSR count). The number of likely N-dealkylation sites (N-methyl/N-ethyl adjacent to an activating group) is 1. The lowest BCUT2D eigenvalue weighted by Gasteiger charge is -2.24. The van der Waals surface area contributed by atoms with Gasteiger partial charge in [-0.3, -0.25) is 0 Å². The molecule has 0 aliphatic carbocycles. The van der Waals surface area contributed by atoms with Gasteiger partial charge < -0.3 is 15.3 Å². The molecule has 0 saturated carbocycles. The summed E-state index contributed by atoms with van der Waals surface area (Å²) < 4.78 is 0. The maximum absolute atomic E-state index is 12.3. The fraction of sp³-hybridized carbons (Fsp3) is 0.444. The van der Waals surface area contributed by atoms with E-state index in [9.17, 15) is 9.90 Å². The number of hydrogen-bond acceptors (Lipinski definition) is 4. The predicted molar refractivity (Wildman–Crippen MR) is 97.1 cm³/mol. The Hall–Kier alpha value is -1.92. The smallest absolute Gasteiger partial charge is 0.317 e. The Morgan fingerprint density at radius 3 is 2.62 bits per heavy atom. The maximum Gasteiger partial charge on any atom is 0.317 e. The van der Waals surface area contributed by atoms with Crippen molar-refractivity contribution < 1.29 is 9.90 Å². The summed E-state index contributed by atoms with van der Waals surface area (Å²) in [5, 5.41) is 16.3. The molecule has 1 aromatic heterocycles. The Morgan fingerprint density at radius 2 is 2.04 bits per heavy atom. The van der Waals surface area contributed by atoms with Crippen LogP contribution in [0.25, 0.3) is 0 Å². The van der Waals surface area contributed by atoms with E-state index in [1.54, 1.807) is 16.2 Å². The molecule has 1 atom stereocenters. The van der Waals surface area contributed by atoms with E-state index in [1.165, 1.54) is 0 Å². The second kappa shape index (κ2) is 8.80. The molecule has 1 aromatic carbocycles. The van der Waals surface area contributed by atoms with E-state index in [4.69, 9.17) is 0 Å². The highest BCUT2D eigenvalue weighted by atomic mass is 32.1. The second-order valence-electron chi connectivity index (χ2n) is 5.71. The molecule has 0 aliphatic heterocycles. The number of hydrogen-bond donors (Lipinski definition) is 2. The molecule has 2 N–H and O–H groups in total. The van der Waals surface area contributed by atoms with Gasteiger partial charge in [0.2, 0.25) is 0 Å². The summed E-state index contributed by atoms with van der Waals surface area (Å²) >= 11 is 1.61. The number of aromatic nitrogens is 1. The van der Waals surface area contributed by atoms with Gasteiger partial charge in [0, 0.05) is 11.9 Å². The number of benzene rings is 1. The van der Waals surface area contributed by atoms with E-state index >= 15 is 0 Å². The van der Waals surface area contributed by atoms with Crippen molar-refractivity contribution in [1.82, 2.24) is 15.2 Å². The summed E-state index contributed by atoms with van der Waals surface area (Å²) in [5.74, 6) is 0. The molecule has 130 valence electrons. The molecule has 6 heteroatoms. The van der Waals surface area contributed by atoms with Crippen molar-refractivity contribution in [1.29, 1.82) is 0 Å². The summed E-state index contributed by atoms with van der Waals surface area (Å²) in [6, 6.07) is 7.53. The molecule has 5 nitrogen and oxygen atoms in total. The number of urea groups is 1. The van der Waals surface area contributed by atoms with Gasteiger partial charge in [-0.15, -0.1) is 11.3 Å². The lowest BCUT2D eigenvalue weighted by molar-refractivity contribution is 0.123. The van der Waals surface area contributed by atoms with Crippen LogP contribution in [0.1, 0.15) is 41.8 Å². The van der Waals surface area contributed by atoms with Crippen LogP contribution in [0.5, 0.6) is 0 Å². The van der Waals surface area contributed by atoms with Crippen LogP contribution in [0, 0.1) is 6.92 Å². The highest BCUT2D eigenvalue weighted by molar-refractivity contribution is 7.09. The Bertz CT molecular complexity index is 655. The maximum atomic E-state index is 12.3. The highest BCUT2D eigenvalue weighted by Gasteiger charge is 2.17. The van der Waals surface area contributed by atoms with Crippen molar-refractivity contribution in [3.8, 4) is 0 Å². The lowest BCUT2D eigenvalue weighted by Crippen LogP contribution is -2.41. The predicted octanol–water partition coefficient (Wildman–Crippen LogP) is 3.28. The zero-order valence-electron chi connectivity index (χ0n) is 14.5. The van der Waals surface area contributed by atoms with Gasteiger partial charge in [-0.25, -0.2) is 9.78 Å². The van der Waals surface area contributed by atoms with Crippen molar-refractivity contribution in [2.75, 3.05) is 13.1 Å². The summed E-state index contributed by atoms with van der Waals surface area (Å²) in [6.45, 7) is 7.18. The fourth-order valence-electron chi connectivity index (χ4n) is 2.33. The number of carbonyl (C=O) groups is 1. The van der Waals surface area contributed by atoms with Crippen molar-refractivity contribution >= 4 is 17.4 Å². The molecule has 24 heavy (non-hydrogen) atoms. The number of carbonyl (C=O) groups excluding carboxylic acids is 1. The zero-order chi connectivity index (χ0) is 17.5. The Balaban J connectivity index is 1.89. The lowest BCUT2D eigenvalue weighted by atomic mass is 10.1. The number of rotatable bonds is 7. The van der Waals surface area contributed by atoms with E-state index < -0.39 is 6.10 Å². The van der Waals surface area contributed by atoms with Gasteiger partial charge in [0.05, 0.1) is 29.9 Å². The largest absolute Gasteiger partial charge is 0.387 e. The molecule has 0 spiro atoms. The fourth-order valence-corrected chi connectivity index (χ4v) is 3.07. The molecule has 1 unspecified atom stereocenters. The van der Waals surface area contributed by atoms with Crippen LogP contribution in [0.3, 0.4) is 0 Å². The van der Waals surface area contributed by atoms with Gasteiger partial charge in [0.15, 0.2) is 0 Å². The van der Waals surface area contributed by atoms with Gasteiger partial charge in [-0.2, -0.15) is 0 Å². The van der Waals surface area contributed by atoms with Gasteiger partial charge in [0.1, 0.15) is 0 Å². The van der Waals surface area contributed by atoms with Crippen molar-refractivity contribution in [2.45, 2.75) is 39.8 Å². The van der Waals surface area contributed by atoms with Gasteiger partial charge in [-0.05, 0) is 25.8 Å². The van der Waals surface area contributed by atoms with Crippen LogP contribution < -0.4 is 5.32 Å². The molecular weight excluding hydrogens is 322 g/mol. The van der Waals surface area contributed by atoms with E-state index in [0.29, 0.717) is 13.1 Å². The molecule has 0 bridgehead atoms. The quantitative estimate of drug-likeness (QED) is 0.808. The molecule has 2 aromatic rings. The van der Waals surface area contributed by atoms with E-state index in [-0.39, 0.29) is 12.6 Å². The summed E-state index contributed by atoms with van der Waals surface area (Å²) in [4.78, 5) is 18.4. The third kappa shape index (κ3) is 5.04. The average Bonchev–Trinajstić information content (AvgIpc) is 3.06. The molecule has 0 aliphatic rings. The third-order valence-electron chi connectivity index (χ3n) is 3.85. The van der Waals surface area contributed by atoms with Crippen LogP contribution in [0.2, 0.25) is 0 Å². The normalized spacial score (nSPS) is 12.0. The van der Waals surface area contributed by atoms with Crippen molar-refractivity contribution in [3.05, 3.63) is 51.5 Å². The number of aliphatic hydroxyl groups is 1. The number of nitrogens with one attached hydrogen (secondary N) is 1. The topological polar surface area (TPSA) is 65.5 Å². The number of aliphatic hydroxyl groups excluding tert-OH is 1. The zero-order valence-corrected chi connectivity index (χ0v) is 15.3. The SMILES string of the molecule is CCc1nc(CNC(=O)N(CC)CC(O)c2ccc(C)cc2)cs1. The summed E-state index contributed by atoms with van der Waals surface area (Å²) in [6.07, 6.45) is 0.213. The first kappa shape index (κ1) is 18.4. The average molecular weight is 347 g/mol. The molecule has 0 saturated heterocycles. The summed E-state index contributed by atoms with van der Waals surface area (Å²) in [7, 11) is 0. The number of nitrogens with zero attached hydrogens (tertiary/aromatic N) is 2. The van der Waals surface area contributed by atoms with Crippen LogP contribution in [0.15, 0.2) is 29.6 Å². The van der Waals surface area contributed by atoms with Crippen molar-refractivity contribution in [2.24, 2.45) is 0 Å². The standard InChI is InChI=1S/C18H25N3O2S/c1-4-17-20-15(12-24-17)10-19-18(23)21(5-2)11-16(22)14-8-6-13(3)7-9-14/h6-9,12,16,22H,4-5,10-11H2,1-3H3,(H,19,23). The van der Waals surface area contributed by atoms with E-state index in [2.05, 4.69) is 17.2 Å². The van der Waals surface area contributed by atoms with Crippen LogP contribution in [0.4, 0.5) is 4.79 Å². The second-order valence-corrected chi connectivity index (χ2v) is 6.65. The van der Waals surface area contributed by atoms with Crippen LogP contribution in [-0.2, 0) is 13.0 Å². The molecule has 2 amide bonds. The number of thiazole rings is 1.